The van der Waals surface area contributed by atoms with Gasteiger partial charge < -0.3 is 15.0 Å². The molecule has 1 N–H and O–H groups in total. The number of likely N-dealkylation sites (N-methyl/N-ethyl adjacent to an activating group) is 1. The number of anilines is 1. The van der Waals surface area contributed by atoms with E-state index in [9.17, 15) is 4.79 Å². The smallest absolute Gasteiger partial charge is 0.239 e. The van der Waals surface area contributed by atoms with Crippen molar-refractivity contribution in [3.8, 4) is 5.75 Å². The van der Waals surface area contributed by atoms with Crippen molar-refractivity contribution in [3.05, 3.63) is 53.6 Å². The van der Waals surface area contributed by atoms with Gasteiger partial charge in [-0.2, -0.15) is 0 Å². The van der Waals surface area contributed by atoms with E-state index in [1.807, 2.05) is 42.3 Å². The number of ether oxygens (including phenoxy) is 1. The molecule has 26 heavy (non-hydrogen) atoms. The fraction of sp³-hybridized carbons (Fsp3) is 0.300. The topological polar surface area (TPSA) is 54.5 Å². The molecule has 0 aliphatic heterocycles. The second kappa shape index (κ2) is 8.19. The normalized spacial score (nSPS) is 10.7. The third kappa shape index (κ3) is 4.32. The number of thiazole rings is 1. The van der Waals surface area contributed by atoms with Crippen LogP contribution in [0.15, 0.2) is 42.5 Å². The zero-order chi connectivity index (χ0) is 18.5. The summed E-state index contributed by atoms with van der Waals surface area (Å²) in [6.07, 6.45) is 0. The van der Waals surface area contributed by atoms with Gasteiger partial charge in [0.25, 0.3) is 0 Å². The van der Waals surface area contributed by atoms with E-state index in [1.165, 1.54) is 10.3 Å². The second-order valence-corrected chi connectivity index (χ2v) is 7.22. The van der Waals surface area contributed by atoms with Crippen LogP contribution in [0, 0.1) is 13.8 Å². The van der Waals surface area contributed by atoms with Gasteiger partial charge in [-0.25, -0.2) is 4.98 Å². The third-order valence-electron chi connectivity index (χ3n) is 4.07. The molecule has 1 aromatic heterocycles. The minimum atomic E-state index is -0.0446. The lowest BCUT2D eigenvalue weighted by molar-refractivity contribution is -0.119. The number of carbonyl (C=O) groups excluding carboxylic acids is 1. The highest BCUT2D eigenvalue weighted by molar-refractivity contribution is 7.22. The number of hydrogen-bond donors (Lipinski definition) is 1. The molecule has 6 heteroatoms. The molecule has 1 amide bonds. The lowest BCUT2D eigenvalue weighted by Gasteiger charge is -2.15. The molecule has 0 unspecified atom stereocenters. The molecule has 0 aliphatic carbocycles. The molecule has 0 fully saturated rings. The van der Waals surface area contributed by atoms with Crippen LogP contribution < -0.4 is 15.0 Å². The van der Waals surface area contributed by atoms with Gasteiger partial charge in [0.15, 0.2) is 5.13 Å². The molecule has 1 heterocycles. The number of fused-ring (bicyclic) bond motifs is 1. The predicted molar refractivity (Wildman–Crippen MR) is 107 cm³/mol. The maximum atomic E-state index is 12.2. The van der Waals surface area contributed by atoms with Crippen molar-refractivity contribution < 1.29 is 9.53 Å². The third-order valence-corrected chi connectivity index (χ3v) is 5.38. The molecule has 2 aromatic carbocycles. The first-order valence-electron chi connectivity index (χ1n) is 8.57. The number of nitrogens with one attached hydrogen (secondary N) is 1. The van der Waals surface area contributed by atoms with Crippen molar-refractivity contribution in [1.29, 1.82) is 0 Å². The average Bonchev–Trinajstić information content (AvgIpc) is 3.10. The maximum absolute atomic E-state index is 12.2. The van der Waals surface area contributed by atoms with Crippen LogP contribution in [-0.4, -0.2) is 37.6 Å². The predicted octanol–water partition coefficient (Wildman–Crippen LogP) is 3.54. The second-order valence-electron chi connectivity index (χ2n) is 6.24. The number of nitrogens with zero attached hydrogens (tertiary/aromatic N) is 2. The zero-order valence-corrected chi connectivity index (χ0v) is 16.1. The van der Waals surface area contributed by atoms with Crippen LogP contribution in [0.25, 0.3) is 10.2 Å². The van der Waals surface area contributed by atoms with E-state index in [-0.39, 0.29) is 12.5 Å². The van der Waals surface area contributed by atoms with Crippen LogP contribution in [-0.2, 0) is 4.79 Å². The van der Waals surface area contributed by atoms with E-state index in [0.717, 1.165) is 22.0 Å². The van der Waals surface area contributed by atoms with Crippen molar-refractivity contribution >= 4 is 32.6 Å². The fourth-order valence-corrected chi connectivity index (χ4v) is 3.70. The summed E-state index contributed by atoms with van der Waals surface area (Å²) in [5.41, 5.74) is 3.39. The Morgan fingerprint density at radius 1 is 1.15 bits per heavy atom. The summed E-state index contributed by atoms with van der Waals surface area (Å²) in [6.45, 7) is 5.33. The van der Waals surface area contributed by atoms with E-state index < -0.39 is 0 Å². The van der Waals surface area contributed by atoms with Gasteiger partial charge in [0.05, 0.1) is 23.3 Å². The van der Waals surface area contributed by atoms with Gasteiger partial charge in [-0.1, -0.05) is 41.7 Å². The van der Waals surface area contributed by atoms with Crippen LogP contribution in [0.1, 0.15) is 11.1 Å². The van der Waals surface area contributed by atoms with Crippen molar-refractivity contribution in [3.63, 3.8) is 0 Å². The summed E-state index contributed by atoms with van der Waals surface area (Å²) in [5, 5.41) is 3.74. The zero-order valence-electron chi connectivity index (χ0n) is 15.3. The van der Waals surface area contributed by atoms with Gasteiger partial charge in [0.1, 0.15) is 12.4 Å². The molecule has 3 rings (SSSR count). The van der Waals surface area contributed by atoms with Crippen LogP contribution in [0.3, 0.4) is 0 Å². The largest absolute Gasteiger partial charge is 0.492 e. The number of aromatic nitrogens is 1. The summed E-state index contributed by atoms with van der Waals surface area (Å²) in [5.74, 6) is 0.760. The van der Waals surface area contributed by atoms with E-state index in [2.05, 4.69) is 31.3 Å². The fourth-order valence-electron chi connectivity index (χ4n) is 2.63. The number of para-hydroxylation sites is 1. The van der Waals surface area contributed by atoms with E-state index >= 15 is 0 Å². The molecule has 0 radical (unpaired) electrons. The Balaban J connectivity index is 1.51. The summed E-state index contributed by atoms with van der Waals surface area (Å²) in [4.78, 5) is 18.7. The molecule has 3 aromatic rings. The van der Waals surface area contributed by atoms with Gasteiger partial charge in [-0.15, -0.1) is 0 Å². The number of amides is 1. The minimum absolute atomic E-state index is 0.0446. The first kappa shape index (κ1) is 18.2. The quantitative estimate of drug-likeness (QED) is 0.647. The van der Waals surface area contributed by atoms with Crippen LogP contribution >= 0.6 is 11.3 Å². The molecular formula is C20H23N3O2S. The molecule has 0 bridgehead atoms. The first-order valence-corrected chi connectivity index (χ1v) is 9.38. The lowest BCUT2D eigenvalue weighted by Crippen LogP contribution is -2.37. The molecule has 5 nitrogen and oxygen atoms in total. The Kier molecular flexibility index (Phi) is 5.73. The summed E-state index contributed by atoms with van der Waals surface area (Å²) in [6, 6.07) is 13.8. The Morgan fingerprint density at radius 2 is 1.88 bits per heavy atom. The average molecular weight is 369 g/mol. The standard InChI is InChI=1S/C20H23N3O2S/c1-14-9-10-15(2)19-18(14)22-20(26-19)23(3)13-17(24)21-11-12-25-16-7-5-4-6-8-16/h4-10H,11-13H2,1-3H3,(H,21,24). The highest BCUT2D eigenvalue weighted by atomic mass is 32.1. The van der Waals surface area contributed by atoms with Crippen LogP contribution in [0.2, 0.25) is 0 Å². The summed E-state index contributed by atoms with van der Waals surface area (Å²) < 4.78 is 6.76. The van der Waals surface area contributed by atoms with Crippen molar-refractivity contribution in [2.24, 2.45) is 0 Å². The number of hydrogen-bond acceptors (Lipinski definition) is 5. The van der Waals surface area contributed by atoms with Gasteiger partial charge >= 0.3 is 0 Å². The van der Waals surface area contributed by atoms with Crippen LogP contribution in [0.5, 0.6) is 5.75 Å². The molecule has 136 valence electrons. The Morgan fingerprint density at radius 3 is 2.62 bits per heavy atom. The van der Waals surface area contributed by atoms with Crippen molar-refractivity contribution in [2.45, 2.75) is 13.8 Å². The Hall–Kier alpha value is -2.60. The molecule has 0 saturated carbocycles. The minimum Gasteiger partial charge on any atom is -0.492 e. The molecule has 0 atom stereocenters. The van der Waals surface area contributed by atoms with E-state index in [0.29, 0.717) is 13.2 Å². The first-order chi connectivity index (χ1) is 12.5. The number of aryl methyl sites for hydroxylation is 2. The maximum Gasteiger partial charge on any atom is 0.239 e. The number of benzene rings is 2. The molecule has 0 saturated heterocycles. The van der Waals surface area contributed by atoms with Gasteiger partial charge in [-0.05, 0) is 37.1 Å². The monoisotopic (exact) mass is 369 g/mol. The number of carbonyl (C=O) groups is 1. The lowest BCUT2D eigenvalue weighted by atomic mass is 10.1. The Bertz CT molecular complexity index is 854. The molecular weight excluding hydrogens is 346 g/mol. The van der Waals surface area contributed by atoms with Gasteiger partial charge in [-0.3, -0.25) is 4.79 Å². The van der Waals surface area contributed by atoms with Gasteiger partial charge in [0, 0.05) is 7.05 Å². The number of rotatable bonds is 7. The van der Waals surface area contributed by atoms with Crippen LogP contribution in [0.4, 0.5) is 5.13 Å². The highest BCUT2D eigenvalue weighted by Crippen LogP contribution is 2.32. The molecule has 0 spiro atoms. The summed E-state index contributed by atoms with van der Waals surface area (Å²) >= 11 is 1.62. The Labute approximate surface area is 157 Å². The van der Waals surface area contributed by atoms with Crippen molar-refractivity contribution in [1.82, 2.24) is 10.3 Å². The molecule has 0 aliphatic rings. The highest BCUT2D eigenvalue weighted by Gasteiger charge is 2.14. The summed E-state index contributed by atoms with van der Waals surface area (Å²) in [7, 11) is 1.89. The van der Waals surface area contributed by atoms with Gasteiger partial charge in [0.2, 0.25) is 5.91 Å². The van der Waals surface area contributed by atoms with E-state index in [1.54, 1.807) is 11.3 Å². The van der Waals surface area contributed by atoms with E-state index in [4.69, 9.17) is 9.72 Å². The van der Waals surface area contributed by atoms with Crippen molar-refractivity contribution in [2.75, 3.05) is 31.6 Å². The SMILES string of the molecule is Cc1ccc(C)c2sc(N(C)CC(=O)NCCOc3ccccc3)nc12.